The SMILES string of the molecule is CCCCCCCCOC(=S)C(N)C1(C)CC(NC(=O)SCCCCCCCC)CC(C)(C)C1. The van der Waals surface area contributed by atoms with Crippen LogP contribution >= 0.6 is 24.0 Å². The van der Waals surface area contributed by atoms with Crippen molar-refractivity contribution in [2.24, 2.45) is 16.6 Å². The Morgan fingerprint density at radius 2 is 1.53 bits per heavy atom. The van der Waals surface area contributed by atoms with E-state index in [0.717, 1.165) is 37.9 Å². The van der Waals surface area contributed by atoms with Gasteiger partial charge in [-0.1, -0.05) is 111 Å². The number of hydrogen-bond acceptors (Lipinski definition) is 5. The molecule has 0 bridgehead atoms. The van der Waals surface area contributed by atoms with E-state index in [9.17, 15) is 4.79 Å². The zero-order valence-electron chi connectivity index (χ0n) is 22.9. The number of nitrogens with one attached hydrogen (secondary N) is 1. The third kappa shape index (κ3) is 13.1. The van der Waals surface area contributed by atoms with Crippen molar-refractivity contribution in [3.63, 3.8) is 0 Å². The first kappa shape index (κ1) is 31.7. The Morgan fingerprint density at radius 1 is 0.971 bits per heavy atom. The predicted molar refractivity (Wildman–Crippen MR) is 154 cm³/mol. The molecule has 34 heavy (non-hydrogen) atoms. The summed E-state index contributed by atoms with van der Waals surface area (Å²) in [5, 5.41) is 3.94. The molecule has 0 aromatic heterocycles. The first-order valence-electron chi connectivity index (χ1n) is 14.0. The highest BCUT2D eigenvalue weighted by molar-refractivity contribution is 8.13. The molecule has 0 aromatic rings. The lowest BCUT2D eigenvalue weighted by atomic mass is 9.60. The maximum absolute atomic E-state index is 12.6. The highest BCUT2D eigenvalue weighted by Crippen LogP contribution is 2.48. The van der Waals surface area contributed by atoms with Crippen molar-refractivity contribution < 1.29 is 9.53 Å². The van der Waals surface area contributed by atoms with E-state index in [1.807, 2.05) is 0 Å². The van der Waals surface area contributed by atoms with Crippen molar-refractivity contribution in [2.45, 2.75) is 143 Å². The fourth-order valence-corrected chi connectivity index (χ4v) is 6.72. The first-order valence-corrected chi connectivity index (χ1v) is 15.4. The molecule has 0 aliphatic heterocycles. The normalized spacial score (nSPS) is 22.8. The Kier molecular flexibility index (Phi) is 16.0. The van der Waals surface area contributed by atoms with Gasteiger partial charge in [-0.25, -0.2) is 0 Å². The van der Waals surface area contributed by atoms with Crippen molar-refractivity contribution >= 4 is 34.3 Å². The maximum atomic E-state index is 12.6. The minimum atomic E-state index is -0.294. The van der Waals surface area contributed by atoms with E-state index >= 15 is 0 Å². The minimum Gasteiger partial charge on any atom is -0.485 e. The molecular weight excluding hydrogens is 460 g/mol. The topological polar surface area (TPSA) is 64.3 Å². The molecule has 0 radical (unpaired) electrons. The second kappa shape index (κ2) is 17.2. The average molecular weight is 515 g/mol. The summed E-state index contributed by atoms with van der Waals surface area (Å²) in [7, 11) is 0. The van der Waals surface area contributed by atoms with Gasteiger partial charge in [-0.05, 0) is 55.2 Å². The Bertz CT molecular complexity index is 585. The van der Waals surface area contributed by atoms with Crippen molar-refractivity contribution in [1.82, 2.24) is 5.32 Å². The van der Waals surface area contributed by atoms with E-state index < -0.39 is 0 Å². The summed E-state index contributed by atoms with van der Waals surface area (Å²) >= 11 is 7.06. The van der Waals surface area contributed by atoms with Gasteiger partial charge in [0.25, 0.3) is 5.24 Å². The van der Waals surface area contributed by atoms with Gasteiger partial charge in [0.05, 0.1) is 12.6 Å². The zero-order chi connectivity index (χ0) is 25.5. The van der Waals surface area contributed by atoms with Gasteiger partial charge in [-0.15, -0.1) is 0 Å². The van der Waals surface area contributed by atoms with Gasteiger partial charge in [0.1, 0.15) is 0 Å². The number of carbonyl (C=O) groups excluding carboxylic acids is 1. The number of amides is 1. The van der Waals surface area contributed by atoms with E-state index in [1.165, 1.54) is 76.0 Å². The molecular formula is C28H54N2O2S2. The van der Waals surface area contributed by atoms with Crippen LogP contribution in [0.5, 0.6) is 0 Å². The number of thiocarbonyl (C=S) groups is 1. The Labute approximate surface area is 220 Å². The molecule has 1 aliphatic carbocycles. The van der Waals surface area contributed by atoms with Crippen molar-refractivity contribution in [3.8, 4) is 0 Å². The summed E-state index contributed by atoms with van der Waals surface area (Å²) in [5.74, 6) is 0.904. The van der Waals surface area contributed by atoms with Crippen LogP contribution in [0.1, 0.15) is 131 Å². The molecule has 1 saturated carbocycles. The number of rotatable bonds is 17. The molecule has 0 saturated heterocycles. The fourth-order valence-electron chi connectivity index (χ4n) is 5.56. The molecule has 3 N–H and O–H groups in total. The number of thioether (sulfide) groups is 1. The van der Waals surface area contributed by atoms with Crippen LogP contribution in [-0.4, -0.2) is 34.7 Å². The lowest BCUT2D eigenvalue weighted by Crippen LogP contribution is -2.55. The number of nitrogens with two attached hydrogens (primary N) is 1. The predicted octanol–water partition coefficient (Wildman–Crippen LogP) is 8.41. The van der Waals surface area contributed by atoms with Crippen LogP contribution in [0.15, 0.2) is 0 Å². The van der Waals surface area contributed by atoms with Crippen molar-refractivity contribution in [2.75, 3.05) is 12.4 Å². The highest BCUT2D eigenvalue weighted by atomic mass is 32.2. The lowest BCUT2D eigenvalue weighted by molar-refractivity contribution is 0.0642. The summed E-state index contributed by atoms with van der Waals surface area (Å²) in [6, 6.07) is -0.164. The minimum absolute atomic E-state index is 0.0986. The summed E-state index contributed by atoms with van der Waals surface area (Å²) in [4.78, 5) is 12.6. The van der Waals surface area contributed by atoms with Crippen LogP contribution in [0, 0.1) is 10.8 Å². The molecule has 1 amide bonds. The van der Waals surface area contributed by atoms with Crippen molar-refractivity contribution in [3.05, 3.63) is 0 Å². The van der Waals surface area contributed by atoms with Crippen molar-refractivity contribution in [1.29, 1.82) is 0 Å². The second-order valence-corrected chi connectivity index (χ2v) is 13.0. The molecule has 0 heterocycles. The van der Waals surface area contributed by atoms with E-state index in [4.69, 9.17) is 22.7 Å². The lowest BCUT2D eigenvalue weighted by Gasteiger charge is -2.49. The largest absolute Gasteiger partial charge is 0.485 e. The summed E-state index contributed by atoms with van der Waals surface area (Å²) < 4.78 is 5.93. The number of ether oxygens (including phenoxy) is 1. The molecule has 200 valence electrons. The molecule has 4 nitrogen and oxygen atoms in total. The van der Waals surface area contributed by atoms with E-state index in [-0.39, 0.29) is 28.2 Å². The van der Waals surface area contributed by atoms with E-state index in [1.54, 1.807) is 0 Å². The molecule has 3 unspecified atom stereocenters. The maximum Gasteiger partial charge on any atom is 0.279 e. The third-order valence-corrected chi connectivity index (χ3v) is 8.44. The molecule has 1 fully saturated rings. The summed E-state index contributed by atoms with van der Waals surface area (Å²) in [6.07, 6.45) is 17.7. The standard InChI is InChI=1S/C28H54N2O2S2/c1-6-8-10-12-14-16-18-32-25(33)24(29)28(5)21-23(20-27(3,4)22-28)30-26(31)34-19-17-15-13-11-9-7-2/h23-24H,6-22,29H2,1-5H3,(H,30,31). The third-order valence-electron chi connectivity index (χ3n) is 7.19. The van der Waals surface area contributed by atoms with Gasteiger partial charge in [0, 0.05) is 11.8 Å². The Morgan fingerprint density at radius 3 is 2.15 bits per heavy atom. The van der Waals surface area contributed by atoms with Crippen LogP contribution in [-0.2, 0) is 4.74 Å². The van der Waals surface area contributed by atoms with E-state index in [2.05, 4.69) is 39.9 Å². The van der Waals surface area contributed by atoms with Gasteiger partial charge < -0.3 is 15.8 Å². The molecule has 1 aliphatic rings. The van der Waals surface area contributed by atoms with Crippen LogP contribution in [0.25, 0.3) is 0 Å². The fraction of sp³-hybridized carbons (Fsp3) is 0.929. The van der Waals surface area contributed by atoms with Crippen LogP contribution in [0.2, 0.25) is 0 Å². The van der Waals surface area contributed by atoms with Crippen LogP contribution in [0.4, 0.5) is 4.79 Å². The van der Waals surface area contributed by atoms with Gasteiger partial charge in [0.2, 0.25) is 0 Å². The smallest absolute Gasteiger partial charge is 0.279 e. The molecule has 3 atom stereocenters. The van der Waals surface area contributed by atoms with Crippen LogP contribution in [0.3, 0.4) is 0 Å². The first-order chi connectivity index (χ1) is 16.1. The number of carbonyl (C=O) groups is 1. The zero-order valence-corrected chi connectivity index (χ0v) is 24.5. The second-order valence-electron chi connectivity index (χ2n) is 11.6. The summed E-state index contributed by atoms with van der Waals surface area (Å²) in [5.41, 5.74) is 6.60. The number of hydrogen-bond donors (Lipinski definition) is 2. The number of unbranched alkanes of at least 4 members (excludes halogenated alkanes) is 10. The molecule has 6 heteroatoms. The highest BCUT2D eigenvalue weighted by Gasteiger charge is 2.46. The molecule has 1 rings (SSSR count). The molecule has 0 spiro atoms. The average Bonchev–Trinajstić information content (AvgIpc) is 2.75. The van der Waals surface area contributed by atoms with Gasteiger partial charge in [-0.3, -0.25) is 4.79 Å². The van der Waals surface area contributed by atoms with Gasteiger partial charge in [-0.2, -0.15) is 0 Å². The quantitative estimate of drug-likeness (QED) is 0.151. The Balaban J connectivity index is 2.46. The van der Waals surface area contributed by atoms with E-state index in [0.29, 0.717) is 11.7 Å². The Hall–Kier alpha value is -0.330. The molecule has 0 aromatic carbocycles. The van der Waals surface area contributed by atoms with Gasteiger partial charge in [0.15, 0.2) is 5.05 Å². The summed E-state index contributed by atoms with van der Waals surface area (Å²) in [6.45, 7) is 11.9. The van der Waals surface area contributed by atoms with Gasteiger partial charge >= 0.3 is 0 Å². The van der Waals surface area contributed by atoms with Crippen LogP contribution < -0.4 is 11.1 Å². The monoisotopic (exact) mass is 514 g/mol.